The molecule has 1 atom stereocenters. The summed E-state index contributed by atoms with van der Waals surface area (Å²) in [6, 6.07) is 8.40. The highest BCUT2D eigenvalue weighted by Gasteiger charge is 2.23. The summed E-state index contributed by atoms with van der Waals surface area (Å²) < 4.78 is 6.81. The van der Waals surface area contributed by atoms with E-state index < -0.39 is 5.97 Å². The molecule has 0 bridgehead atoms. The third-order valence-electron chi connectivity index (χ3n) is 3.58. The molecular weight excluding hydrogens is 274 g/mol. The van der Waals surface area contributed by atoms with E-state index in [1.54, 1.807) is 11.3 Å². The van der Waals surface area contributed by atoms with Gasteiger partial charge in [0.05, 0.1) is 19.1 Å². The van der Waals surface area contributed by atoms with Crippen molar-refractivity contribution in [2.45, 2.75) is 19.1 Å². The number of carboxylic acid groups (broad SMARTS) is 1. The largest absolute Gasteiger partial charge is 0.481 e. The summed E-state index contributed by atoms with van der Waals surface area (Å²) in [6.07, 6.45) is -0.105. The number of benzene rings is 1. The van der Waals surface area contributed by atoms with Gasteiger partial charge in [0.15, 0.2) is 0 Å². The Hall–Kier alpha value is -1.43. The Bertz CT molecular complexity index is 610. The lowest BCUT2D eigenvalue weighted by atomic mass is 10.1. The second-order valence-electron chi connectivity index (χ2n) is 5.08. The van der Waals surface area contributed by atoms with Crippen LogP contribution in [-0.4, -0.2) is 41.8 Å². The lowest BCUT2D eigenvalue weighted by Crippen LogP contribution is -2.42. The second kappa shape index (κ2) is 5.91. The standard InChI is InChI=1S/C15H17NO3S/c17-15(18)7-12-9-16(5-6-19-12)8-11-10-20-14-4-2-1-3-13(11)14/h1-4,10,12H,5-9H2,(H,17,18). The minimum absolute atomic E-state index is 0.0842. The lowest BCUT2D eigenvalue weighted by molar-refractivity contribution is -0.142. The lowest BCUT2D eigenvalue weighted by Gasteiger charge is -2.32. The van der Waals surface area contributed by atoms with Crippen LogP contribution >= 0.6 is 11.3 Å². The molecule has 106 valence electrons. The highest BCUT2D eigenvalue weighted by molar-refractivity contribution is 7.17. The minimum atomic E-state index is -0.794. The van der Waals surface area contributed by atoms with E-state index in [1.807, 2.05) is 0 Å². The predicted molar refractivity (Wildman–Crippen MR) is 79.1 cm³/mol. The van der Waals surface area contributed by atoms with Crippen molar-refractivity contribution in [2.75, 3.05) is 19.7 Å². The monoisotopic (exact) mass is 291 g/mol. The number of carbonyl (C=O) groups is 1. The van der Waals surface area contributed by atoms with Crippen molar-refractivity contribution in [3.63, 3.8) is 0 Å². The third kappa shape index (κ3) is 3.00. The van der Waals surface area contributed by atoms with E-state index in [4.69, 9.17) is 9.84 Å². The normalized spacial score (nSPS) is 20.3. The Kier molecular flexibility index (Phi) is 4.00. The number of hydrogen-bond donors (Lipinski definition) is 1. The van der Waals surface area contributed by atoms with Gasteiger partial charge >= 0.3 is 5.97 Å². The zero-order valence-electron chi connectivity index (χ0n) is 11.1. The van der Waals surface area contributed by atoms with Gasteiger partial charge in [0.2, 0.25) is 0 Å². The van der Waals surface area contributed by atoms with E-state index in [2.05, 4.69) is 34.5 Å². The van der Waals surface area contributed by atoms with Gasteiger partial charge in [-0.2, -0.15) is 0 Å². The van der Waals surface area contributed by atoms with Gasteiger partial charge in [0.25, 0.3) is 0 Å². The number of rotatable bonds is 4. The SMILES string of the molecule is O=C(O)CC1CN(Cc2csc3ccccc23)CCO1. The molecule has 0 amide bonds. The van der Waals surface area contributed by atoms with Crippen LogP contribution in [-0.2, 0) is 16.1 Å². The Morgan fingerprint density at radius 1 is 1.45 bits per heavy atom. The molecule has 1 saturated heterocycles. The van der Waals surface area contributed by atoms with Crippen LogP contribution in [0.1, 0.15) is 12.0 Å². The van der Waals surface area contributed by atoms with Crippen LogP contribution in [0, 0.1) is 0 Å². The first-order chi connectivity index (χ1) is 9.72. The molecular formula is C15H17NO3S. The molecule has 20 heavy (non-hydrogen) atoms. The van der Waals surface area contributed by atoms with E-state index in [1.165, 1.54) is 15.6 Å². The average molecular weight is 291 g/mol. The Morgan fingerprint density at radius 2 is 2.30 bits per heavy atom. The average Bonchev–Trinajstić information content (AvgIpc) is 2.82. The van der Waals surface area contributed by atoms with Crippen molar-refractivity contribution in [2.24, 2.45) is 0 Å². The second-order valence-corrected chi connectivity index (χ2v) is 5.99. The zero-order valence-corrected chi connectivity index (χ0v) is 11.9. The molecule has 3 rings (SSSR count). The minimum Gasteiger partial charge on any atom is -0.481 e. The molecule has 1 aromatic heterocycles. The predicted octanol–water partition coefficient (Wildman–Crippen LogP) is 2.58. The van der Waals surface area contributed by atoms with E-state index in [0.717, 1.165) is 13.1 Å². The molecule has 2 aromatic rings. The number of morpholine rings is 1. The maximum atomic E-state index is 10.8. The quantitative estimate of drug-likeness (QED) is 0.940. The number of aliphatic carboxylic acids is 1. The smallest absolute Gasteiger partial charge is 0.306 e. The molecule has 0 saturated carbocycles. The Balaban J connectivity index is 1.69. The van der Waals surface area contributed by atoms with Gasteiger partial charge in [-0.1, -0.05) is 18.2 Å². The number of nitrogens with zero attached hydrogens (tertiary/aromatic N) is 1. The van der Waals surface area contributed by atoms with Gasteiger partial charge in [-0.3, -0.25) is 9.69 Å². The number of ether oxygens (including phenoxy) is 1. The molecule has 2 heterocycles. The fraction of sp³-hybridized carbons (Fsp3) is 0.400. The van der Waals surface area contributed by atoms with Crippen molar-refractivity contribution in [3.05, 3.63) is 35.2 Å². The molecule has 4 nitrogen and oxygen atoms in total. The molecule has 1 fully saturated rings. The molecule has 1 N–H and O–H groups in total. The van der Waals surface area contributed by atoms with Gasteiger partial charge in [-0.25, -0.2) is 0 Å². The summed E-state index contributed by atoms with van der Waals surface area (Å²) in [5.41, 5.74) is 1.32. The molecule has 0 radical (unpaired) electrons. The highest BCUT2D eigenvalue weighted by Crippen LogP contribution is 2.27. The zero-order chi connectivity index (χ0) is 13.9. The van der Waals surface area contributed by atoms with E-state index in [0.29, 0.717) is 13.2 Å². The van der Waals surface area contributed by atoms with Crippen LogP contribution in [0.4, 0.5) is 0 Å². The summed E-state index contributed by atoms with van der Waals surface area (Å²) in [7, 11) is 0. The third-order valence-corrected chi connectivity index (χ3v) is 4.59. The van der Waals surface area contributed by atoms with Crippen LogP contribution in [0.15, 0.2) is 29.6 Å². The van der Waals surface area contributed by atoms with Crippen molar-refractivity contribution in [1.82, 2.24) is 4.90 Å². The van der Waals surface area contributed by atoms with Crippen LogP contribution < -0.4 is 0 Å². The summed E-state index contributed by atoms with van der Waals surface area (Å²) in [5.74, 6) is -0.794. The Labute approximate surface area is 121 Å². The highest BCUT2D eigenvalue weighted by atomic mass is 32.1. The molecule has 5 heteroatoms. The van der Waals surface area contributed by atoms with Crippen LogP contribution in [0.2, 0.25) is 0 Å². The van der Waals surface area contributed by atoms with Crippen LogP contribution in [0.3, 0.4) is 0 Å². The number of carboxylic acids is 1. The first kappa shape index (κ1) is 13.5. The summed E-state index contributed by atoms with van der Waals surface area (Å²) >= 11 is 1.76. The van der Waals surface area contributed by atoms with Crippen molar-refractivity contribution in [1.29, 1.82) is 0 Å². The van der Waals surface area contributed by atoms with E-state index in [9.17, 15) is 4.79 Å². The molecule has 1 aliphatic rings. The molecule has 0 spiro atoms. The Morgan fingerprint density at radius 3 is 3.15 bits per heavy atom. The van der Waals surface area contributed by atoms with Crippen LogP contribution in [0.5, 0.6) is 0 Å². The van der Waals surface area contributed by atoms with Crippen molar-refractivity contribution in [3.8, 4) is 0 Å². The molecule has 1 aliphatic heterocycles. The first-order valence-electron chi connectivity index (χ1n) is 6.73. The molecule has 1 aromatic carbocycles. The van der Waals surface area contributed by atoms with E-state index >= 15 is 0 Å². The summed E-state index contributed by atoms with van der Waals surface area (Å²) in [5, 5.41) is 12.4. The van der Waals surface area contributed by atoms with Gasteiger partial charge in [0, 0.05) is 24.3 Å². The van der Waals surface area contributed by atoms with Gasteiger partial charge in [-0.15, -0.1) is 11.3 Å². The van der Waals surface area contributed by atoms with Crippen molar-refractivity contribution < 1.29 is 14.6 Å². The number of thiophene rings is 1. The molecule has 1 unspecified atom stereocenters. The van der Waals surface area contributed by atoms with Gasteiger partial charge in [0.1, 0.15) is 0 Å². The van der Waals surface area contributed by atoms with Gasteiger partial charge < -0.3 is 9.84 Å². The van der Waals surface area contributed by atoms with Crippen LogP contribution in [0.25, 0.3) is 10.1 Å². The van der Waals surface area contributed by atoms with E-state index in [-0.39, 0.29) is 12.5 Å². The maximum Gasteiger partial charge on any atom is 0.306 e. The topological polar surface area (TPSA) is 49.8 Å². The van der Waals surface area contributed by atoms with Gasteiger partial charge in [-0.05, 0) is 22.4 Å². The first-order valence-corrected chi connectivity index (χ1v) is 7.61. The number of hydrogen-bond acceptors (Lipinski definition) is 4. The van der Waals surface area contributed by atoms with Crippen molar-refractivity contribution >= 4 is 27.4 Å². The fourth-order valence-corrected chi connectivity index (χ4v) is 3.59. The maximum absolute atomic E-state index is 10.8. The number of fused-ring (bicyclic) bond motifs is 1. The fourth-order valence-electron chi connectivity index (χ4n) is 2.64. The molecule has 0 aliphatic carbocycles. The summed E-state index contributed by atoms with van der Waals surface area (Å²) in [4.78, 5) is 13.1. The summed E-state index contributed by atoms with van der Waals surface area (Å²) in [6.45, 7) is 3.03.